The molecule has 1 aliphatic heterocycles. The van der Waals surface area contributed by atoms with Crippen molar-refractivity contribution in [3.05, 3.63) is 23.6 Å². The van der Waals surface area contributed by atoms with Gasteiger partial charge in [0.25, 0.3) is 0 Å². The number of allylic oxidation sites excluding steroid dienone is 4. The van der Waals surface area contributed by atoms with E-state index in [1.54, 1.807) is 10.8 Å². The second-order valence-corrected chi connectivity index (χ2v) is 5.10. The summed E-state index contributed by atoms with van der Waals surface area (Å²) in [5.74, 6) is -0.192. The van der Waals surface area contributed by atoms with Crippen LogP contribution in [0.1, 0.15) is 20.8 Å². The van der Waals surface area contributed by atoms with Crippen molar-refractivity contribution in [2.75, 3.05) is 7.05 Å². The van der Waals surface area contributed by atoms with Gasteiger partial charge in [-0.15, -0.1) is 0 Å². The smallest absolute Gasteiger partial charge is 0.185 e. The summed E-state index contributed by atoms with van der Waals surface area (Å²) in [6.07, 6.45) is 5.61. The van der Waals surface area contributed by atoms with E-state index in [4.69, 9.17) is 0 Å². The van der Waals surface area contributed by atoms with E-state index in [-0.39, 0.29) is 17.2 Å². The van der Waals surface area contributed by atoms with Gasteiger partial charge in [0.05, 0.1) is 0 Å². The fourth-order valence-corrected chi connectivity index (χ4v) is 1.82. The molecule has 2 rings (SSSR count). The molecule has 0 aromatic heterocycles. The van der Waals surface area contributed by atoms with Crippen molar-refractivity contribution < 1.29 is 9.07 Å². The third-order valence-electron chi connectivity index (χ3n) is 2.71. The molecule has 0 saturated heterocycles. The first kappa shape index (κ1) is 10.3. The monoisotopic (exact) mass is 207 g/mol. The molecule has 0 amide bonds. The van der Waals surface area contributed by atoms with Gasteiger partial charge in [0.1, 0.15) is 5.92 Å². The van der Waals surface area contributed by atoms with Crippen LogP contribution in [-0.4, -0.2) is 23.7 Å². The lowest BCUT2D eigenvalue weighted by Gasteiger charge is -2.23. The van der Waals surface area contributed by atoms with E-state index in [1.807, 2.05) is 13.3 Å². The number of hydrogen-bond acceptors (Lipinski definition) is 1. The molecule has 2 aliphatic rings. The predicted octanol–water partition coefficient (Wildman–Crippen LogP) is 2.52. The van der Waals surface area contributed by atoms with Gasteiger partial charge >= 0.3 is 0 Å². The van der Waals surface area contributed by atoms with Crippen molar-refractivity contribution in [2.24, 2.45) is 16.4 Å². The van der Waals surface area contributed by atoms with E-state index in [0.29, 0.717) is 5.71 Å². The quantitative estimate of drug-likeness (QED) is 0.542. The molecule has 0 N–H and O–H groups in total. The summed E-state index contributed by atoms with van der Waals surface area (Å²) in [6.45, 7) is 6.26. The molecule has 0 aromatic rings. The van der Waals surface area contributed by atoms with Crippen LogP contribution in [-0.2, 0) is 0 Å². The molecule has 80 valence electrons. The molecule has 0 bridgehead atoms. The van der Waals surface area contributed by atoms with Crippen molar-refractivity contribution in [1.29, 1.82) is 0 Å². The Balaban J connectivity index is 2.43. The van der Waals surface area contributed by atoms with E-state index in [1.165, 1.54) is 0 Å². The largest absolute Gasteiger partial charge is 0.205 e. The minimum absolute atomic E-state index is 0.00854. The van der Waals surface area contributed by atoms with Gasteiger partial charge in [-0.1, -0.05) is 31.5 Å². The van der Waals surface area contributed by atoms with Gasteiger partial charge in [-0.05, 0) is 22.2 Å². The van der Waals surface area contributed by atoms with Crippen molar-refractivity contribution in [3.63, 3.8) is 0 Å². The van der Waals surface area contributed by atoms with Gasteiger partial charge in [-0.25, -0.2) is 4.39 Å². The lowest BCUT2D eigenvalue weighted by molar-refractivity contribution is -0.495. The molecule has 0 fully saturated rings. The van der Waals surface area contributed by atoms with Gasteiger partial charge in [-0.3, -0.25) is 0 Å². The summed E-state index contributed by atoms with van der Waals surface area (Å²) in [5.41, 5.74) is 1.55. The van der Waals surface area contributed by atoms with Crippen LogP contribution >= 0.6 is 0 Å². The molecule has 1 atom stereocenters. The van der Waals surface area contributed by atoms with Gasteiger partial charge in [0.15, 0.2) is 24.8 Å². The third-order valence-corrected chi connectivity index (χ3v) is 2.71. The predicted molar refractivity (Wildman–Crippen MR) is 59.9 cm³/mol. The highest BCUT2D eigenvalue weighted by Gasteiger charge is 2.33. The zero-order valence-electron chi connectivity index (χ0n) is 9.58. The second kappa shape index (κ2) is 3.12. The summed E-state index contributed by atoms with van der Waals surface area (Å²) in [6, 6.07) is 0. The van der Waals surface area contributed by atoms with Gasteiger partial charge in [0.2, 0.25) is 0 Å². The topological polar surface area (TPSA) is 15.4 Å². The van der Waals surface area contributed by atoms with Gasteiger partial charge < -0.3 is 0 Å². The third kappa shape index (κ3) is 1.78. The average molecular weight is 207 g/mol. The molecule has 0 saturated carbocycles. The molecule has 3 heteroatoms. The van der Waals surface area contributed by atoms with Crippen LogP contribution in [0.5, 0.6) is 0 Å². The van der Waals surface area contributed by atoms with Crippen LogP contribution in [0.25, 0.3) is 0 Å². The van der Waals surface area contributed by atoms with Crippen molar-refractivity contribution in [2.45, 2.75) is 20.8 Å². The number of rotatable bonds is 0. The van der Waals surface area contributed by atoms with Crippen LogP contribution in [0, 0.1) is 11.3 Å². The van der Waals surface area contributed by atoms with Crippen LogP contribution in [0.4, 0.5) is 4.39 Å². The Morgan fingerprint density at radius 3 is 2.67 bits per heavy atom. The summed E-state index contributed by atoms with van der Waals surface area (Å²) < 4.78 is 15.4. The van der Waals surface area contributed by atoms with E-state index < -0.39 is 0 Å². The Morgan fingerprint density at radius 2 is 2.07 bits per heavy atom. The molecule has 15 heavy (non-hydrogen) atoms. The molecule has 0 spiro atoms. The van der Waals surface area contributed by atoms with Crippen LogP contribution in [0.2, 0.25) is 0 Å². The van der Waals surface area contributed by atoms with E-state index in [2.05, 4.69) is 31.9 Å². The van der Waals surface area contributed by atoms with E-state index >= 15 is 0 Å². The highest BCUT2D eigenvalue weighted by atomic mass is 19.1. The standard InChI is InChI=1S/C12H16FN2/c1-12(2,3)9-5-8-7-15(4)14-11(8)10(13)6-9/h5-8H,1-4H3/q+1. The lowest BCUT2D eigenvalue weighted by Crippen LogP contribution is -2.20. The summed E-state index contributed by atoms with van der Waals surface area (Å²) in [5, 5.41) is 4.11. The Bertz CT molecular complexity index is 419. The fourth-order valence-electron chi connectivity index (χ4n) is 1.82. The van der Waals surface area contributed by atoms with E-state index in [0.717, 1.165) is 5.57 Å². The summed E-state index contributed by atoms with van der Waals surface area (Å²) in [4.78, 5) is 0. The lowest BCUT2D eigenvalue weighted by atomic mass is 9.80. The first-order valence-corrected chi connectivity index (χ1v) is 5.14. The SMILES string of the molecule is C[N+]1=CC2C=C(C(C)(C)C)C=C(F)C2=N1. The number of halogens is 1. The Labute approximate surface area is 89.5 Å². The van der Waals surface area contributed by atoms with Crippen LogP contribution in [0.3, 0.4) is 0 Å². The highest BCUT2D eigenvalue weighted by Crippen LogP contribution is 2.33. The molecule has 2 nitrogen and oxygen atoms in total. The number of hydrazone groups is 1. The van der Waals surface area contributed by atoms with Crippen molar-refractivity contribution >= 4 is 11.9 Å². The molecule has 1 heterocycles. The Kier molecular flexibility index (Phi) is 2.14. The minimum Gasteiger partial charge on any atom is -0.205 e. The fraction of sp³-hybridized carbons (Fsp3) is 0.500. The molecule has 0 aromatic carbocycles. The van der Waals surface area contributed by atoms with Crippen LogP contribution in [0.15, 0.2) is 28.7 Å². The first-order chi connectivity index (χ1) is 6.88. The zero-order valence-corrected chi connectivity index (χ0v) is 9.58. The van der Waals surface area contributed by atoms with Crippen molar-refractivity contribution in [3.8, 4) is 0 Å². The second-order valence-electron chi connectivity index (χ2n) is 5.10. The number of nitrogens with zero attached hydrogens (tertiary/aromatic N) is 2. The van der Waals surface area contributed by atoms with Crippen molar-refractivity contribution in [1.82, 2.24) is 0 Å². The normalized spacial score (nSPS) is 25.3. The summed E-state index contributed by atoms with van der Waals surface area (Å²) in [7, 11) is 1.82. The number of hydrogen-bond donors (Lipinski definition) is 0. The molecular weight excluding hydrogens is 191 g/mol. The van der Waals surface area contributed by atoms with E-state index in [9.17, 15) is 4.39 Å². The maximum Gasteiger partial charge on any atom is 0.185 e. The van der Waals surface area contributed by atoms with Crippen LogP contribution < -0.4 is 0 Å². The average Bonchev–Trinajstić information content (AvgIpc) is 2.44. The first-order valence-electron chi connectivity index (χ1n) is 5.14. The molecule has 1 unspecified atom stereocenters. The maximum absolute atomic E-state index is 13.7. The Hall–Kier alpha value is -1.25. The Morgan fingerprint density at radius 1 is 1.40 bits per heavy atom. The molecular formula is C12H16FN2+. The minimum atomic E-state index is -0.201. The highest BCUT2D eigenvalue weighted by molar-refractivity contribution is 6.11. The maximum atomic E-state index is 13.7. The molecule has 1 aliphatic carbocycles. The van der Waals surface area contributed by atoms with Gasteiger partial charge in [-0.2, -0.15) is 0 Å². The number of fused-ring (bicyclic) bond motifs is 1. The van der Waals surface area contributed by atoms with Gasteiger partial charge in [0, 0.05) is 0 Å². The summed E-state index contributed by atoms with van der Waals surface area (Å²) >= 11 is 0. The zero-order chi connectivity index (χ0) is 11.2. The molecule has 0 radical (unpaired) electrons.